The molecule has 1 aromatic rings. The van der Waals surface area contributed by atoms with Crippen LogP contribution in [0.4, 0.5) is 0 Å². The zero-order chi connectivity index (χ0) is 11.4. The summed E-state index contributed by atoms with van der Waals surface area (Å²) in [6.07, 6.45) is 3.27. The van der Waals surface area contributed by atoms with Crippen molar-refractivity contribution in [2.75, 3.05) is 0 Å². The van der Waals surface area contributed by atoms with Crippen molar-refractivity contribution in [3.63, 3.8) is 0 Å². The molecule has 2 atom stereocenters. The first-order valence-corrected chi connectivity index (χ1v) is 5.19. The van der Waals surface area contributed by atoms with E-state index < -0.39 is 6.10 Å². The highest BCUT2D eigenvalue weighted by Crippen LogP contribution is 2.08. The molecular weight excluding hydrogens is 192 g/mol. The van der Waals surface area contributed by atoms with Gasteiger partial charge in [-0.05, 0) is 13.8 Å². The number of aromatic nitrogens is 2. The summed E-state index contributed by atoms with van der Waals surface area (Å²) >= 11 is 0. The van der Waals surface area contributed by atoms with Gasteiger partial charge in [-0.1, -0.05) is 6.92 Å². The van der Waals surface area contributed by atoms with Gasteiger partial charge in [-0.25, -0.2) is 4.98 Å². The summed E-state index contributed by atoms with van der Waals surface area (Å²) in [4.78, 5) is 15.7. The number of nitrogens with zero attached hydrogens (tertiary/aromatic N) is 2. The minimum atomic E-state index is -0.552. The Morgan fingerprint density at radius 3 is 2.73 bits per heavy atom. The van der Waals surface area contributed by atoms with E-state index in [0.29, 0.717) is 6.54 Å². The molecule has 1 aromatic heterocycles. The van der Waals surface area contributed by atoms with E-state index in [4.69, 9.17) is 5.11 Å². The fraction of sp³-hybridized carbons (Fsp3) is 0.636. The molecule has 0 saturated heterocycles. The molecule has 0 bridgehead atoms. The van der Waals surface area contributed by atoms with Crippen LogP contribution in [-0.4, -0.2) is 26.5 Å². The summed E-state index contributed by atoms with van der Waals surface area (Å²) in [5.74, 6) is 0.928. The number of carbonyl (C=O) groups excluding carboxylic acids is 1. The summed E-state index contributed by atoms with van der Waals surface area (Å²) in [6.45, 7) is 6.06. The molecule has 4 nitrogen and oxygen atoms in total. The van der Waals surface area contributed by atoms with Gasteiger partial charge in [0.05, 0.1) is 6.10 Å². The van der Waals surface area contributed by atoms with Crippen molar-refractivity contribution in [3.8, 4) is 0 Å². The van der Waals surface area contributed by atoms with E-state index in [-0.39, 0.29) is 18.1 Å². The van der Waals surface area contributed by atoms with Crippen LogP contribution in [0.3, 0.4) is 0 Å². The Morgan fingerprint density at radius 1 is 1.60 bits per heavy atom. The van der Waals surface area contributed by atoms with Crippen LogP contribution in [-0.2, 0) is 11.3 Å². The third-order valence-electron chi connectivity index (χ3n) is 2.44. The van der Waals surface area contributed by atoms with Crippen LogP contribution in [0.15, 0.2) is 12.4 Å². The van der Waals surface area contributed by atoms with Crippen LogP contribution in [0, 0.1) is 12.8 Å². The van der Waals surface area contributed by atoms with Crippen molar-refractivity contribution in [2.24, 2.45) is 5.92 Å². The molecule has 0 spiro atoms. The number of hydrogen-bond acceptors (Lipinski definition) is 3. The van der Waals surface area contributed by atoms with Gasteiger partial charge in [0.25, 0.3) is 0 Å². The minimum absolute atomic E-state index is 0.0764. The highest BCUT2D eigenvalue weighted by Gasteiger charge is 2.15. The Morgan fingerprint density at radius 2 is 2.27 bits per heavy atom. The fourth-order valence-corrected chi connectivity index (χ4v) is 1.49. The molecule has 0 amide bonds. The first-order chi connectivity index (χ1) is 7.00. The number of aliphatic hydroxyl groups is 1. The van der Waals surface area contributed by atoms with Gasteiger partial charge in [0.15, 0.2) is 0 Å². The van der Waals surface area contributed by atoms with Gasteiger partial charge in [-0.3, -0.25) is 4.79 Å². The normalized spacial score (nSPS) is 14.9. The van der Waals surface area contributed by atoms with Crippen molar-refractivity contribution < 1.29 is 9.90 Å². The first-order valence-electron chi connectivity index (χ1n) is 5.19. The van der Waals surface area contributed by atoms with Crippen molar-refractivity contribution in [3.05, 3.63) is 18.2 Å². The lowest BCUT2D eigenvalue weighted by atomic mass is 10.0. The highest BCUT2D eigenvalue weighted by molar-refractivity contribution is 5.80. The molecule has 84 valence electrons. The number of rotatable bonds is 5. The summed E-state index contributed by atoms with van der Waals surface area (Å²) in [5.41, 5.74) is 0. The van der Waals surface area contributed by atoms with Crippen LogP contribution in [0.2, 0.25) is 0 Å². The molecule has 2 unspecified atom stereocenters. The molecule has 0 aliphatic rings. The van der Waals surface area contributed by atoms with E-state index in [0.717, 1.165) is 5.82 Å². The fourth-order valence-electron chi connectivity index (χ4n) is 1.49. The molecule has 0 aliphatic carbocycles. The maximum atomic E-state index is 11.6. The third-order valence-corrected chi connectivity index (χ3v) is 2.44. The first kappa shape index (κ1) is 11.9. The molecule has 15 heavy (non-hydrogen) atoms. The maximum absolute atomic E-state index is 11.6. The maximum Gasteiger partial charge on any atom is 0.140 e. The van der Waals surface area contributed by atoms with Crippen molar-refractivity contribution in [1.29, 1.82) is 0 Å². The second-order valence-electron chi connectivity index (χ2n) is 4.05. The van der Waals surface area contributed by atoms with Gasteiger partial charge >= 0.3 is 0 Å². The second-order valence-corrected chi connectivity index (χ2v) is 4.05. The van der Waals surface area contributed by atoms with Crippen molar-refractivity contribution >= 4 is 5.78 Å². The molecule has 0 saturated carbocycles. The summed E-state index contributed by atoms with van der Waals surface area (Å²) in [7, 11) is 0. The SMILES string of the molecule is Cc1nccn1CC(C)C(=O)CC(C)O. The van der Waals surface area contributed by atoms with E-state index in [1.807, 2.05) is 24.6 Å². The minimum Gasteiger partial charge on any atom is -0.393 e. The van der Waals surface area contributed by atoms with E-state index in [9.17, 15) is 4.79 Å². The number of Topliss-reactive ketones (excluding diaryl/α,β-unsaturated/α-hetero) is 1. The summed E-state index contributed by atoms with van der Waals surface area (Å²) in [5, 5.41) is 9.11. The molecule has 1 N–H and O–H groups in total. The van der Waals surface area contributed by atoms with E-state index in [1.165, 1.54) is 0 Å². The quantitative estimate of drug-likeness (QED) is 0.793. The molecule has 0 fully saturated rings. The standard InChI is InChI=1S/C11H18N2O2/c1-8(11(15)6-9(2)14)7-13-5-4-12-10(13)3/h4-5,8-9,14H,6-7H2,1-3H3. The molecule has 0 aliphatic heterocycles. The largest absolute Gasteiger partial charge is 0.393 e. The zero-order valence-electron chi connectivity index (χ0n) is 9.47. The Labute approximate surface area is 89.9 Å². The van der Waals surface area contributed by atoms with Crippen LogP contribution in [0.5, 0.6) is 0 Å². The molecule has 1 rings (SSSR count). The molecule has 0 aromatic carbocycles. The summed E-state index contributed by atoms with van der Waals surface area (Å²) in [6, 6.07) is 0. The zero-order valence-corrected chi connectivity index (χ0v) is 9.47. The van der Waals surface area contributed by atoms with Gasteiger partial charge in [0.2, 0.25) is 0 Å². The van der Waals surface area contributed by atoms with Crippen molar-refractivity contribution in [2.45, 2.75) is 39.8 Å². The van der Waals surface area contributed by atoms with Crippen LogP contribution in [0.1, 0.15) is 26.1 Å². The van der Waals surface area contributed by atoms with Crippen LogP contribution < -0.4 is 0 Å². The average molecular weight is 210 g/mol. The Balaban J connectivity index is 2.52. The monoisotopic (exact) mass is 210 g/mol. The Hall–Kier alpha value is -1.16. The average Bonchev–Trinajstić information content (AvgIpc) is 2.50. The van der Waals surface area contributed by atoms with Gasteiger partial charge in [-0.2, -0.15) is 0 Å². The van der Waals surface area contributed by atoms with Gasteiger partial charge in [-0.15, -0.1) is 0 Å². The Bertz CT molecular complexity index is 331. The van der Waals surface area contributed by atoms with Gasteiger partial charge < -0.3 is 9.67 Å². The number of aryl methyl sites for hydroxylation is 1. The number of imidazole rings is 1. The molecule has 4 heteroatoms. The number of carbonyl (C=O) groups is 1. The van der Waals surface area contributed by atoms with Crippen LogP contribution in [0.25, 0.3) is 0 Å². The number of hydrogen-bond donors (Lipinski definition) is 1. The predicted molar refractivity (Wildman–Crippen MR) is 57.4 cm³/mol. The smallest absolute Gasteiger partial charge is 0.140 e. The lowest BCUT2D eigenvalue weighted by Gasteiger charge is -2.13. The van der Waals surface area contributed by atoms with Gasteiger partial charge in [0.1, 0.15) is 11.6 Å². The van der Waals surface area contributed by atoms with Gasteiger partial charge in [0, 0.05) is 31.3 Å². The summed E-state index contributed by atoms with van der Waals surface area (Å²) < 4.78 is 1.95. The molecule has 0 radical (unpaired) electrons. The van der Waals surface area contributed by atoms with Crippen molar-refractivity contribution in [1.82, 2.24) is 9.55 Å². The number of aliphatic hydroxyl groups excluding tert-OH is 1. The topological polar surface area (TPSA) is 55.1 Å². The van der Waals surface area contributed by atoms with Crippen LogP contribution >= 0.6 is 0 Å². The molecule has 1 heterocycles. The lowest BCUT2D eigenvalue weighted by Crippen LogP contribution is -2.21. The van der Waals surface area contributed by atoms with E-state index in [2.05, 4.69) is 4.98 Å². The lowest BCUT2D eigenvalue weighted by molar-refractivity contribution is -0.124. The predicted octanol–water partition coefficient (Wildman–Crippen LogP) is 1.17. The second kappa shape index (κ2) is 5.07. The van der Waals surface area contributed by atoms with E-state index in [1.54, 1.807) is 13.1 Å². The molecular formula is C11H18N2O2. The highest BCUT2D eigenvalue weighted by atomic mass is 16.3. The number of ketones is 1. The van der Waals surface area contributed by atoms with E-state index >= 15 is 0 Å². The Kier molecular flexibility index (Phi) is 4.03. The third kappa shape index (κ3) is 3.47.